The van der Waals surface area contributed by atoms with Crippen molar-refractivity contribution in [2.45, 2.75) is 6.04 Å². The molecule has 1 amide bonds. The summed E-state index contributed by atoms with van der Waals surface area (Å²) in [6.07, 6.45) is 0. The normalized spacial score (nSPS) is 23.8. The molecule has 150 valence electrons. The van der Waals surface area contributed by atoms with E-state index in [0.29, 0.717) is 42.0 Å². The fraction of sp³-hybridized carbons (Fsp3) is 0.318. The van der Waals surface area contributed by atoms with Crippen molar-refractivity contribution in [1.29, 1.82) is 0 Å². The Kier molecular flexibility index (Phi) is 5.15. The molecule has 3 atom stereocenters. The van der Waals surface area contributed by atoms with Crippen molar-refractivity contribution in [3.8, 4) is 0 Å². The van der Waals surface area contributed by atoms with E-state index in [4.69, 9.17) is 0 Å². The number of aromatic nitrogens is 2. The minimum atomic E-state index is -0.419. The number of hydrogen-bond donors (Lipinski definition) is 1. The lowest BCUT2D eigenvalue weighted by molar-refractivity contribution is 0.0760. The van der Waals surface area contributed by atoms with Crippen LogP contribution in [0, 0.1) is 11.8 Å². The largest absolute Gasteiger partial charge is 0.336 e. The van der Waals surface area contributed by atoms with Crippen LogP contribution in [-0.2, 0) is 0 Å². The second kappa shape index (κ2) is 7.61. The summed E-state index contributed by atoms with van der Waals surface area (Å²) in [5.41, 5.74) is 2.13. The molecule has 0 bridgehead atoms. The second-order valence-corrected chi connectivity index (χ2v) is 7.86. The van der Waals surface area contributed by atoms with Crippen LogP contribution >= 0.6 is 12.4 Å². The minimum absolute atomic E-state index is 0. The molecular formula is C22H23ClN4O2. The van der Waals surface area contributed by atoms with E-state index in [1.54, 1.807) is 12.1 Å². The van der Waals surface area contributed by atoms with E-state index >= 15 is 0 Å². The predicted octanol–water partition coefficient (Wildman–Crippen LogP) is 2.72. The van der Waals surface area contributed by atoms with Gasteiger partial charge in [0.25, 0.3) is 11.5 Å². The van der Waals surface area contributed by atoms with E-state index in [0.717, 1.165) is 6.54 Å². The number of nitrogens with zero attached hydrogens (tertiary/aromatic N) is 3. The van der Waals surface area contributed by atoms with Crippen molar-refractivity contribution < 1.29 is 4.79 Å². The van der Waals surface area contributed by atoms with Gasteiger partial charge in [0.1, 0.15) is 0 Å². The molecule has 1 N–H and O–H groups in total. The van der Waals surface area contributed by atoms with Gasteiger partial charge < -0.3 is 9.88 Å². The summed E-state index contributed by atoms with van der Waals surface area (Å²) in [4.78, 5) is 36.9. The van der Waals surface area contributed by atoms with Crippen LogP contribution in [0.4, 0.5) is 0 Å². The molecule has 3 heterocycles. The number of amides is 1. The van der Waals surface area contributed by atoms with Gasteiger partial charge in [-0.05, 0) is 30.7 Å². The molecule has 2 aromatic carbocycles. The van der Waals surface area contributed by atoms with Gasteiger partial charge in [0, 0.05) is 31.6 Å². The highest BCUT2D eigenvalue weighted by atomic mass is 35.5. The maximum atomic E-state index is 13.1. The molecule has 29 heavy (non-hydrogen) atoms. The Balaban J connectivity index is 0.00000205. The number of nitrogens with one attached hydrogen (secondary N) is 1. The van der Waals surface area contributed by atoms with E-state index in [9.17, 15) is 9.59 Å². The van der Waals surface area contributed by atoms with E-state index in [-0.39, 0.29) is 24.0 Å². The van der Waals surface area contributed by atoms with Crippen molar-refractivity contribution in [2.24, 2.45) is 11.8 Å². The molecule has 2 aliphatic rings. The molecule has 0 aliphatic carbocycles. The van der Waals surface area contributed by atoms with E-state index in [2.05, 4.69) is 46.2 Å². The molecule has 7 heteroatoms. The molecule has 2 aliphatic heterocycles. The van der Waals surface area contributed by atoms with Gasteiger partial charge >= 0.3 is 0 Å². The number of likely N-dealkylation sites (tertiary alicyclic amines) is 2. The number of halogens is 1. The van der Waals surface area contributed by atoms with Gasteiger partial charge in [0.05, 0.1) is 11.0 Å². The third kappa shape index (κ3) is 3.32. The van der Waals surface area contributed by atoms with Crippen molar-refractivity contribution in [3.63, 3.8) is 0 Å². The Morgan fingerprint density at radius 2 is 1.76 bits per heavy atom. The number of H-pyrrole nitrogens is 1. The molecule has 5 rings (SSSR count). The number of hydrogen-bond acceptors (Lipinski definition) is 4. The van der Waals surface area contributed by atoms with Crippen LogP contribution < -0.4 is 5.56 Å². The van der Waals surface area contributed by atoms with Gasteiger partial charge in [-0.25, -0.2) is 4.98 Å². The third-order valence-corrected chi connectivity index (χ3v) is 6.12. The average Bonchev–Trinajstić information content (AvgIpc) is 3.24. The van der Waals surface area contributed by atoms with Crippen molar-refractivity contribution in [1.82, 2.24) is 19.8 Å². The van der Waals surface area contributed by atoms with Crippen molar-refractivity contribution >= 4 is 29.3 Å². The number of aromatic amines is 1. The van der Waals surface area contributed by atoms with Crippen LogP contribution in [0.15, 0.2) is 59.4 Å². The predicted molar refractivity (Wildman–Crippen MR) is 114 cm³/mol. The first kappa shape index (κ1) is 19.6. The standard InChI is InChI=1S/C22H22N4O2.ClH/c1-25-11-15-12-26(13-16(15)20(25)14-7-3-2-4-8-14)22(28)19-21(27)24-18-10-6-5-9-17(18)23-19;/h2-10,15-16,20H,11-13H2,1H3,(H,24,27);1H/t15-,16+,20-;/m0./s1. The summed E-state index contributed by atoms with van der Waals surface area (Å²) in [7, 11) is 2.15. The van der Waals surface area contributed by atoms with Gasteiger partial charge in [-0.2, -0.15) is 0 Å². The van der Waals surface area contributed by atoms with Crippen molar-refractivity contribution in [3.05, 3.63) is 76.2 Å². The van der Waals surface area contributed by atoms with Crippen LogP contribution in [0.5, 0.6) is 0 Å². The second-order valence-electron chi connectivity index (χ2n) is 7.86. The van der Waals surface area contributed by atoms with E-state index < -0.39 is 5.56 Å². The van der Waals surface area contributed by atoms with E-state index in [1.807, 2.05) is 23.1 Å². The summed E-state index contributed by atoms with van der Waals surface area (Å²) in [6.45, 7) is 2.28. The lowest BCUT2D eigenvalue weighted by Crippen LogP contribution is -2.37. The smallest absolute Gasteiger partial charge is 0.280 e. The zero-order valence-corrected chi connectivity index (χ0v) is 16.9. The zero-order valence-electron chi connectivity index (χ0n) is 16.1. The molecular weight excluding hydrogens is 388 g/mol. The van der Waals surface area contributed by atoms with Gasteiger partial charge in [0.15, 0.2) is 5.69 Å². The monoisotopic (exact) mass is 410 g/mol. The highest BCUT2D eigenvalue weighted by molar-refractivity contribution is 5.94. The minimum Gasteiger partial charge on any atom is -0.336 e. The molecule has 0 saturated carbocycles. The van der Waals surface area contributed by atoms with Crippen LogP contribution in [0.1, 0.15) is 22.1 Å². The Labute approximate surface area is 175 Å². The molecule has 1 aromatic heterocycles. The lowest BCUT2D eigenvalue weighted by Gasteiger charge is -2.26. The van der Waals surface area contributed by atoms with Crippen molar-refractivity contribution in [2.75, 3.05) is 26.7 Å². The number of rotatable bonds is 2. The number of para-hydroxylation sites is 2. The summed E-state index contributed by atoms with van der Waals surface area (Å²) in [5.74, 6) is 0.519. The van der Waals surface area contributed by atoms with Gasteiger partial charge in [-0.15, -0.1) is 12.4 Å². The number of benzene rings is 2. The number of fused-ring (bicyclic) bond motifs is 2. The molecule has 2 saturated heterocycles. The topological polar surface area (TPSA) is 69.3 Å². The van der Waals surface area contributed by atoms with Gasteiger partial charge in [-0.1, -0.05) is 42.5 Å². The summed E-state index contributed by atoms with van der Waals surface area (Å²) < 4.78 is 0. The molecule has 0 radical (unpaired) electrons. The molecule has 2 fully saturated rings. The molecule has 0 unspecified atom stereocenters. The fourth-order valence-corrected chi connectivity index (χ4v) is 4.90. The Bertz CT molecular complexity index is 1100. The quantitative estimate of drug-likeness (QED) is 0.705. The molecule has 0 spiro atoms. The first-order chi connectivity index (χ1) is 13.6. The highest BCUT2D eigenvalue weighted by Crippen LogP contribution is 2.44. The fourth-order valence-electron chi connectivity index (χ4n) is 4.90. The summed E-state index contributed by atoms with van der Waals surface area (Å²) in [6, 6.07) is 18.0. The Morgan fingerprint density at radius 3 is 2.55 bits per heavy atom. The maximum absolute atomic E-state index is 13.1. The average molecular weight is 411 g/mol. The Hall–Kier alpha value is -2.70. The zero-order chi connectivity index (χ0) is 19.3. The van der Waals surface area contributed by atoms with Crippen LogP contribution in [-0.4, -0.2) is 52.4 Å². The van der Waals surface area contributed by atoms with Gasteiger partial charge in [-0.3, -0.25) is 14.5 Å². The van der Waals surface area contributed by atoms with E-state index in [1.165, 1.54) is 5.56 Å². The highest BCUT2D eigenvalue weighted by Gasteiger charge is 2.47. The number of carbonyl (C=O) groups is 1. The molecule has 6 nitrogen and oxygen atoms in total. The van der Waals surface area contributed by atoms with Gasteiger partial charge in [0.2, 0.25) is 0 Å². The van der Waals surface area contributed by atoms with Crippen LogP contribution in [0.25, 0.3) is 11.0 Å². The third-order valence-electron chi connectivity index (χ3n) is 6.12. The Morgan fingerprint density at radius 1 is 1.03 bits per heavy atom. The summed E-state index contributed by atoms with van der Waals surface area (Å²) >= 11 is 0. The first-order valence-corrected chi connectivity index (χ1v) is 9.65. The summed E-state index contributed by atoms with van der Waals surface area (Å²) in [5, 5.41) is 0. The molecule has 3 aromatic rings. The van der Waals surface area contributed by atoms with Crippen LogP contribution in [0.3, 0.4) is 0 Å². The van der Waals surface area contributed by atoms with Crippen LogP contribution in [0.2, 0.25) is 0 Å². The number of carbonyl (C=O) groups excluding carboxylic acids is 1. The maximum Gasteiger partial charge on any atom is 0.280 e. The lowest BCUT2D eigenvalue weighted by atomic mass is 9.90. The SMILES string of the molecule is CN1C[C@H]2CN(C(=O)c3nc4ccccc4[nH]c3=O)C[C@H]2[C@@H]1c1ccccc1.Cl. The first-order valence-electron chi connectivity index (χ1n) is 9.65.